The molecule has 0 fully saturated rings. The van der Waals surface area contributed by atoms with Gasteiger partial charge >= 0.3 is 0 Å². The van der Waals surface area contributed by atoms with Crippen molar-refractivity contribution in [3.8, 4) is 11.5 Å². The van der Waals surface area contributed by atoms with Gasteiger partial charge in [0.25, 0.3) is 5.91 Å². The molecule has 144 valence electrons. The molecule has 2 aromatic carbocycles. The van der Waals surface area contributed by atoms with Gasteiger partial charge in [-0.25, -0.2) is 9.97 Å². The fraction of sp³-hybridized carbons (Fsp3) is 0.190. The smallest absolute Gasteiger partial charge is 0.274 e. The summed E-state index contributed by atoms with van der Waals surface area (Å²) < 4.78 is 10.5. The lowest BCUT2D eigenvalue weighted by atomic mass is 10.1. The van der Waals surface area contributed by atoms with Gasteiger partial charge in [-0.1, -0.05) is 29.8 Å². The summed E-state index contributed by atoms with van der Waals surface area (Å²) in [5.74, 6) is 1.17. The van der Waals surface area contributed by atoms with Crippen molar-refractivity contribution in [2.75, 3.05) is 24.9 Å². The molecule has 0 saturated heterocycles. The largest absolute Gasteiger partial charge is 0.493 e. The van der Waals surface area contributed by atoms with Gasteiger partial charge in [0, 0.05) is 24.5 Å². The number of carbonyl (C=O) groups excluding carboxylic acids is 1. The van der Waals surface area contributed by atoms with Crippen LogP contribution in [0.3, 0.4) is 0 Å². The normalized spacial score (nSPS) is 10.2. The van der Waals surface area contributed by atoms with E-state index in [-0.39, 0.29) is 11.6 Å². The third-order valence-electron chi connectivity index (χ3n) is 4.10. The molecule has 1 heterocycles. The number of rotatable bonds is 7. The quantitative estimate of drug-likeness (QED) is 0.653. The Morgan fingerprint density at radius 2 is 1.75 bits per heavy atom. The predicted molar refractivity (Wildman–Crippen MR) is 108 cm³/mol. The Kier molecular flexibility index (Phi) is 6.06. The molecule has 0 spiro atoms. The number of ether oxygens (including phenoxy) is 2. The fourth-order valence-corrected chi connectivity index (χ4v) is 2.57. The minimum atomic E-state index is -0.340. The molecule has 0 saturated carbocycles. The SMILES string of the molecule is COc1ccc(NC(=O)c2ccnc(NCc3ccc(C)cc3)n2)cc1OC. The number of aromatic nitrogens is 2. The Morgan fingerprint density at radius 3 is 2.46 bits per heavy atom. The Bertz CT molecular complexity index is 958. The lowest BCUT2D eigenvalue weighted by molar-refractivity contribution is 0.102. The van der Waals surface area contributed by atoms with Gasteiger partial charge in [0.1, 0.15) is 5.69 Å². The summed E-state index contributed by atoms with van der Waals surface area (Å²) in [6.07, 6.45) is 1.55. The monoisotopic (exact) mass is 378 g/mol. The van der Waals surface area contributed by atoms with Gasteiger partial charge in [-0.15, -0.1) is 0 Å². The maximum atomic E-state index is 12.5. The number of methoxy groups -OCH3 is 2. The number of carbonyl (C=O) groups is 1. The van der Waals surface area contributed by atoms with Crippen molar-refractivity contribution in [2.45, 2.75) is 13.5 Å². The summed E-state index contributed by atoms with van der Waals surface area (Å²) in [5, 5.41) is 5.93. The summed E-state index contributed by atoms with van der Waals surface area (Å²) in [4.78, 5) is 21.0. The van der Waals surface area contributed by atoms with Gasteiger partial charge in [-0.3, -0.25) is 4.79 Å². The Balaban J connectivity index is 1.67. The molecule has 0 radical (unpaired) electrons. The van der Waals surface area contributed by atoms with Crippen LogP contribution in [-0.4, -0.2) is 30.1 Å². The van der Waals surface area contributed by atoms with Crippen LogP contribution in [-0.2, 0) is 6.54 Å². The molecule has 0 aliphatic rings. The zero-order chi connectivity index (χ0) is 19.9. The van der Waals surface area contributed by atoms with E-state index in [2.05, 4.69) is 20.6 Å². The molecule has 3 rings (SSSR count). The summed E-state index contributed by atoms with van der Waals surface area (Å²) >= 11 is 0. The van der Waals surface area contributed by atoms with Gasteiger partial charge in [-0.05, 0) is 30.7 Å². The van der Waals surface area contributed by atoms with Crippen LogP contribution in [0.25, 0.3) is 0 Å². The molecule has 2 N–H and O–H groups in total. The molecular formula is C21H22N4O3. The minimum absolute atomic E-state index is 0.260. The number of nitrogens with zero attached hydrogens (tertiary/aromatic N) is 2. The summed E-state index contributed by atoms with van der Waals surface area (Å²) in [6.45, 7) is 2.61. The lowest BCUT2D eigenvalue weighted by Crippen LogP contribution is -2.15. The number of hydrogen-bond donors (Lipinski definition) is 2. The van der Waals surface area contributed by atoms with Crippen LogP contribution < -0.4 is 20.1 Å². The van der Waals surface area contributed by atoms with Crippen LogP contribution in [0.2, 0.25) is 0 Å². The molecule has 7 heteroatoms. The van der Waals surface area contributed by atoms with Crippen LogP contribution in [0.1, 0.15) is 21.6 Å². The van der Waals surface area contributed by atoms with E-state index >= 15 is 0 Å². The van der Waals surface area contributed by atoms with Gasteiger partial charge in [0.05, 0.1) is 14.2 Å². The first kappa shape index (κ1) is 19.2. The molecule has 28 heavy (non-hydrogen) atoms. The molecule has 7 nitrogen and oxygen atoms in total. The van der Waals surface area contributed by atoms with E-state index in [1.807, 2.05) is 31.2 Å². The van der Waals surface area contributed by atoms with E-state index < -0.39 is 0 Å². The van der Waals surface area contributed by atoms with Crippen LogP contribution >= 0.6 is 0 Å². The molecule has 0 aliphatic carbocycles. The average Bonchev–Trinajstić information content (AvgIpc) is 2.73. The standard InChI is InChI=1S/C21H22N4O3/c1-14-4-6-15(7-5-14)13-23-21-22-11-10-17(25-21)20(26)24-16-8-9-18(27-2)19(12-16)28-3/h4-12H,13H2,1-3H3,(H,24,26)(H,22,23,25). The second-order valence-electron chi connectivity index (χ2n) is 6.13. The number of hydrogen-bond acceptors (Lipinski definition) is 6. The third kappa shape index (κ3) is 4.76. The van der Waals surface area contributed by atoms with E-state index in [9.17, 15) is 4.79 Å². The molecule has 0 atom stereocenters. The molecule has 0 unspecified atom stereocenters. The summed E-state index contributed by atoms with van der Waals surface area (Å²) in [7, 11) is 3.10. The highest BCUT2D eigenvalue weighted by atomic mass is 16.5. The molecular weight excluding hydrogens is 356 g/mol. The topological polar surface area (TPSA) is 85.4 Å². The number of benzene rings is 2. The van der Waals surface area contributed by atoms with Crippen LogP contribution in [0, 0.1) is 6.92 Å². The third-order valence-corrected chi connectivity index (χ3v) is 4.10. The highest BCUT2D eigenvalue weighted by Crippen LogP contribution is 2.29. The maximum Gasteiger partial charge on any atom is 0.274 e. The average molecular weight is 378 g/mol. The highest BCUT2D eigenvalue weighted by Gasteiger charge is 2.11. The summed E-state index contributed by atoms with van der Waals surface area (Å²) in [6, 6.07) is 14.9. The van der Waals surface area contributed by atoms with E-state index in [1.165, 1.54) is 5.56 Å². The van der Waals surface area contributed by atoms with Crippen molar-refractivity contribution >= 4 is 17.5 Å². The summed E-state index contributed by atoms with van der Waals surface area (Å²) in [5.41, 5.74) is 3.15. The van der Waals surface area contributed by atoms with Gasteiger partial charge in [-0.2, -0.15) is 0 Å². The van der Waals surface area contributed by atoms with Crippen LogP contribution in [0.5, 0.6) is 11.5 Å². The highest BCUT2D eigenvalue weighted by molar-refractivity contribution is 6.03. The predicted octanol–water partition coefficient (Wildman–Crippen LogP) is 3.67. The lowest BCUT2D eigenvalue weighted by Gasteiger charge is -2.11. The maximum absolute atomic E-state index is 12.5. The Labute approximate surface area is 163 Å². The molecule has 3 aromatic rings. The second-order valence-corrected chi connectivity index (χ2v) is 6.13. The van der Waals surface area contributed by atoms with E-state index in [1.54, 1.807) is 44.7 Å². The van der Waals surface area contributed by atoms with Gasteiger partial charge < -0.3 is 20.1 Å². The van der Waals surface area contributed by atoms with Gasteiger partial charge in [0.2, 0.25) is 5.95 Å². The first-order valence-electron chi connectivity index (χ1n) is 8.75. The van der Waals surface area contributed by atoms with E-state index in [4.69, 9.17) is 9.47 Å². The molecule has 1 aromatic heterocycles. The molecule has 0 bridgehead atoms. The van der Waals surface area contributed by atoms with E-state index in [0.717, 1.165) is 5.56 Å². The van der Waals surface area contributed by atoms with Crippen LogP contribution in [0.15, 0.2) is 54.7 Å². The van der Waals surface area contributed by atoms with Gasteiger partial charge in [0.15, 0.2) is 11.5 Å². The Hall–Kier alpha value is -3.61. The van der Waals surface area contributed by atoms with Crippen molar-refractivity contribution in [1.82, 2.24) is 9.97 Å². The zero-order valence-electron chi connectivity index (χ0n) is 16.0. The van der Waals surface area contributed by atoms with Crippen molar-refractivity contribution < 1.29 is 14.3 Å². The molecule has 0 aliphatic heterocycles. The fourth-order valence-electron chi connectivity index (χ4n) is 2.57. The second kappa shape index (κ2) is 8.85. The van der Waals surface area contributed by atoms with E-state index in [0.29, 0.717) is 29.7 Å². The number of amides is 1. The first-order chi connectivity index (χ1) is 13.6. The van der Waals surface area contributed by atoms with Crippen molar-refractivity contribution in [3.63, 3.8) is 0 Å². The van der Waals surface area contributed by atoms with Crippen molar-refractivity contribution in [2.24, 2.45) is 0 Å². The molecule has 1 amide bonds. The number of anilines is 2. The number of aryl methyl sites for hydroxylation is 1. The minimum Gasteiger partial charge on any atom is -0.493 e. The van der Waals surface area contributed by atoms with Crippen LogP contribution in [0.4, 0.5) is 11.6 Å². The number of nitrogens with one attached hydrogen (secondary N) is 2. The first-order valence-corrected chi connectivity index (χ1v) is 8.75. The Morgan fingerprint density at radius 1 is 1.00 bits per heavy atom. The van der Waals surface area contributed by atoms with Crippen molar-refractivity contribution in [1.29, 1.82) is 0 Å². The zero-order valence-corrected chi connectivity index (χ0v) is 16.0. The van der Waals surface area contributed by atoms with Crippen molar-refractivity contribution in [3.05, 3.63) is 71.5 Å².